The minimum Gasteiger partial charge on any atom is -0.483 e. The summed E-state index contributed by atoms with van der Waals surface area (Å²) < 4.78 is 5.65. The number of ether oxygens (including phenoxy) is 1. The molecule has 1 fully saturated rings. The van der Waals surface area contributed by atoms with Crippen LogP contribution in [0, 0.1) is 13.8 Å². The fraction of sp³-hybridized carbons (Fsp3) is 0.600. The minimum atomic E-state index is -0.100. The van der Waals surface area contributed by atoms with Crippen molar-refractivity contribution in [1.82, 2.24) is 10.2 Å². The van der Waals surface area contributed by atoms with Crippen LogP contribution in [0.25, 0.3) is 0 Å². The highest BCUT2D eigenvalue weighted by Gasteiger charge is 2.23. The van der Waals surface area contributed by atoms with Crippen LogP contribution in [0.3, 0.4) is 0 Å². The molecule has 25 heavy (non-hydrogen) atoms. The number of carbonyl (C=O) groups excluding carboxylic acids is 2. The van der Waals surface area contributed by atoms with Crippen molar-refractivity contribution in [2.24, 2.45) is 0 Å². The number of benzene rings is 1. The maximum absolute atomic E-state index is 12.1. The number of likely N-dealkylation sites (tertiary alicyclic amines) is 1. The number of unbranched alkanes of at least 4 members (excludes halogenated alkanes) is 1. The fourth-order valence-corrected chi connectivity index (χ4v) is 3.05. The molecule has 1 N–H and O–H groups in total. The van der Waals surface area contributed by atoms with Crippen molar-refractivity contribution in [3.05, 3.63) is 29.3 Å². The summed E-state index contributed by atoms with van der Waals surface area (Å²) in [5.74, 6) is 0.896. The summed E-state index contributed by atoms with van der Waals surface area (Å²) >= 11 is 0. The quantitative estimate of drug-likeness (QED) is 0.826. The molecule has 2 amide bonds. The van der Waals surface area contributed by atoms with Crippen molar-refractivity contribution in [1.29, 1.82) is 0 Å². The van der Waals surface area contributed by atoms with Crippen LogP contribution in [0.4, 0.5) is 0 Å². The van der Waals surface area contributed by atoms with Crippen LogP contribution in [0.2, 0.25) is 0 Å². The first kappa shape index (κ1) is 19.3. The van der Waals surface area contributed by atoms with Gasteiger partial charge in [-0.2, -0.15) is 0 Å². The van der Waals surface area contributed by atoms with Gasteiger partial charge in [0.2, 0.25) is 5.91 Å². The van der Waals surface area contributed by atoms with Crippen molar-refractivity contribution in [3.8, 4) is 5.75 Å². The molecule has 0 radical (unpaired) electrons. The van der Waals surface area contributed by atoms with Gasteiger partial charge in [0.25, 0.3) is 5.91 Å². The largest absolute Gasteiger partial charge is 0.483 e. The van der Waals surface area contributed by atoms with Gasteiger partial charge in [-0.05, 0) is 50.3 Å². The third-order valence-corrected chi connectivity index (χ3v) is 4.87. The molecule has 0 bridgehead atoms. The molecule has 2 rings (SSSR count). The third kappa shape index (κ3) is 5.76. The topological polar surface area (TPSA) is 58.6 Å². The van der Waals surface area contributed by atoms with Crippen molar-refractivity contribution >= 4 is 11.8 Å². The first-order valence-corrected chi connectivity index (χ1v) is 9.27. The Morgan fingerprint density at radius 1 is 1.24 bits per heavy atom. The van der Waals surface area contributed by atoms with Gasteiger partial charge in [0.15, 0.2) is 6.61 Å². The molecule has 0 aliphatic carbocycles. The number of hydrogen-bond donors (Lipinski definition) is 1. The molecule has 1 aromatic rings. The van der Waals surface area contributed by atoms with Gasteiger partial charge in [0.05, 0.1) is 0 Å². The van der Waals surface area contributed by atoms with E-state index >= 15 is 0 Å². The van der Waals surface area contributed by atoms with E-state index in [0.717, 1.165) is 55.6 Å². The second kappa shape index (κ2) is 9.44. The van der Waals surface area contributed by atoms with Gasteiger partial charge < -0.3 is 15.0 Å². The van der Waals surface area contributed by atoms with Crippen molar-refractivity contribution in [3.63, 3.8) is 0 Å². The Morgan fingerprint density at radius 3 is 2.64 bits per heavy atom. The van der Waals surface area contributed by atoms with Crippen LogP contribution in [0.15, 0.2) is 18.2 Å². The van der Waals surface area contributed by atoms with Crippen LogP contribution in [-0.2, 0) is 9.59 Å². The smallest absolute Gasteiger partial charge is 0.258 e. The molecule has 138 valence electrons. The molecule has 1 heterocycles. The fourth-order valence-electron chi connectivity index (χ4n) is 3.05. The maximum Gasteiger partial charge on any atom is 0.258 e. The molecule has 5 nitrogen and oxygen atoms in total. The van der Waals surface area contributed by atoms with E-state index in [0.29, 0.717) is 6.42 Å². The Bertz CT molecular complexity index is 593. The highest BCUT2D eigenvalue weighted by molar-refractivity contribution is 5.78. The van der Waals surface area contributed by atoms with E-state index < -0.39 is 0 Å². The number of amides is 2. The predicted molar refractivity (Wildman–Crippen MR) is 98.7 cm³/mol. The van der Waals surface area contributed by atoms with Crippen LogP contribution in [0.1, 0.15) is 50.2 Å². The number of piperidine rings is 1. The Labute approximate surface area is 150 Å². The monoisotopic (exact) mass is 346 g/mol. The lowest BCUT2D eigenvalue weighted by Crippen LogP contribution is -2.47. The molecule has 0 spiro atoms. The SMILES string of the molecule is CCCCC(=O)N1CCC(NC(=O)COc2cccc(C)c2C)CC1. The summed E-state index contributed by atoms with van der Waals surface area (Å²) in [6.45, 7) is 7.59. The Balaban J connectivity index is 1.72. The van der Waals surface area contributed by atoms with Crippen LogP contribution in [0.5, 0.6) is 5.75 Å². The van der Waals surface area contributed by atoms with E-state index in [9.17, 15) is 9.59 Å². The lowest BCUT2D eigenvalue weighted by molar-refractivity contribution is -0.132. The van der Waals surface area contributed by atoms with E-state index in [2.05, 4.69) is 12.2 Å². The minimum absolute atomic E-state index is 0.0277. The zero-order valence-electron chi connectivity index (χ0n) is 15.6. The Kier molecular flexibility index (Phi) is 7.29. The van der Waals surface area contributed by atoms with Gasteiger partial charge in [-0.25, -0.2) is 0 Å². The first-order chi connectivity index (χ1) is 12.0. The van der Waals surface area contributed by atoms with Gasteiger partial charge in [0, 0.05) is 25.6 Å². The first-order valence-electron chi connectivity index (χ1n) is 9.27. The standard InChI is InChI=1S/C20H30N2O3/c1-4-5-9-20(24)22-12-10-17(11-13-22)21-19(23)14-25-18-8-6-7-15(2)16(18)3/h6-8,17H,4-5,9-14H2,1-3H3,(H,21,23). The number of rotatable bonds is 7. The number of hydrogen-bond acceptors (Lipinski definition) is 3. The predicted octanol–water partition coefficient (Wildman–Crippen LogP) is 2.98. The molecular weight excluding hydrogens is 316 g/mol. The summed E-state index contributed by atoms with van der Waals surface area (Å²) in [4.78, 5) is 26.1. The number of nitrogens with one attached hydrogen (secondary N) is 1. The lowest BCUT2D eigenvalue weighted by Gasteiger charge is -2.32. The van der Waals surface area contributed by atoms with E-state index in [1.807, 2.05) is 36.9 Å². The highest BCUT2D eigenvalue weighted by Crippen LogP contribution is 2.20. The van der Waals surface area contributed by atoms with Crippen molar-refractivity contribution < 1.29 is 14.3 Å². The molecule has 1 aliphatic heterocycles. The van der Waals surface area contributed by atoms with Crippen LogP contribution in [-0.4, -0.2) is 42.5 Å². The molecule has 1 aromatic carbocycles. The van der Waals surface area contributed by atoms with E-state index in [4.69, 9.17) is 4.74 Å². The summed E-state index contributed by atoms with van der Waals surface area (Å²) in [5, 5.41) is 3.02. The van der Waals surface area contributed by atoms with Gasteiger partial charge in [-0.15, -0.1) is 0 Å². The molecule has 5 heteroatoms. The lowest BCUT2D eigenvalue weighted by atomic mass is 10.0. The second-order valence-electron chi connectivity index (χ2n) is 6.81. The average molecular weight is 346 g/mol. The zero-order chi connectivity index (χ0) is 18.2. The summed E-state index contributed by atoms with van der Waals surface area (Å²) in [6, 6.07) is 5.97. The molecule has 0 atom stereocenters. The van der Waals surface area contributed by atoms with Crippen LogP contribution < -0.4 is 10.1 Å². The maximum atomic E-state index is 12.1. The molecule has 0 saturated carbocycles. The molecular formula is C20H30N2O3. The van der Waals surface area contributed by atoms with Crippen molar-refractivity contribution in [2.75, 3.05) is 19.7 Å². The zero-order valence-corrected chi connectivity index (χ0v) is 15.6. The Morgan fingerprint density at radius 2 is 1.96 bits per heavy atom. The van der Waals surface area contributed by atoms with Gasteiger partial charge in [-0.1, -0.05) is 25.5 Å². The van der Waals surface area contributed by atoms with Crippen LogP contribution >= 0.6 is 0 Å². The highest BCUT2D eigenvalue weighted by atomic mass is 16.5. The molecule has 0 unspecified atom stereocenters. The third-order valence-electron chi connectivity index (χ3n) is 4.87. The van der Waals surface area contributed by atoms with Crippen molar-refractivity contribution in [2.45, 2.75) is 58.9 Å². The Hall–Kier alpha value is -2.04. The van der Waals surface area contributed by atoms with Gasteiger partial charge in [-0.3, -0.25) is 9.59 Å². The summed E-state index contributed by atoms with van der Waals surface area (Å²) in [5.41, 5.74) is 2.22. The van der Waals surface area contributed by atoms with Gasteiger partial charge in [0.1, 0.15) is 5.75 Å². The van der Waals surface area contributed by atoms with E-state index in [1.165, 1.54) is 0 Å². The molecule has 1 aliphatic rings. The molecule has 1 saturated heterocycles. The second-order valence-corrected chi connectivity index (χ2v) is 6.81. The summed E-state index contributed by atoms with van der Waals surface area (Å²) in [6.07, 6.45) is 4.25. The van der Waals surface area contributed by atoms with Gasteiger partial charge >= 0.3 is 0 Å². The van der Waals surface area contributed by atoms with E-state index in [-0.39, 0.29) is 24.5 Å². The summed E-state index contributed by atoms with van der Waals surface area (Å²) in [7, 11) is 0. The number of aryl methyl sites for hydroxylation is 1. The molecule has 0 aromatic heterocycles. The van der Waals surface area contributed by atoms with E-state index in [1.54, 1.807) is 0 Å². The number of nitrogens with zero attached hydrogens (tertiary/aromatic N) is 1. The normalized spacial score (nSPS) is 15.1. The average Bonchev–Trinajstić information content (AvgIpc) is 2.61. The number of carbonyl (C=O) groups is 2.